The normalized spacial score (nSPS) is 17.6. The minimum Gasteiger partial charge on any atom is -0.369 e. The van der Waals surface area contributed by atoms with E-state index in [9.17, 15) is 0 Å². The van der Waals surface area contributed by atoms with Crippen molar-refractivity contribution >= 4 is 35.7 Å². The average molecular weight is 378 g/mol. The van der Waals surface area contributed by atoms with Gasteiger partial charge in [-0.3, -0.25) is 10.4 Å². The number of guanidine groups is 1. The summed E-state index contributed by atoms with van der Waals surface area (Å²) in [4.78, 5) is 4.72. The van der Waals surface area contributed by atoms with Crippen molar-refractivity contribution in [1.29, 1.82) is 5.41 Å². The molecule has 0 saturated heterocycles. The van der Waals surface area contributed by atoms with E-state index in [1.807, 2.05) is 25.1 Å². The van der Waals surface area contributed by atoms with Crippen molar-refractivity contribution in [3.8, 4) is 0 Å². The van der Waals surface area contributed by atoms with Gasteiger partial charge in [0.15, 0.2) is 0 Å². The van der Waals surface area contributed by atoms with Crippen molar-refractivity contribution in [2.24, 2.45) is 10.8 Å². The number of nitrogens with two attached hydrogens (primary N) is 1. The zero-order valence-electron chi connectivity index (χ0n) is 14.1. The van der Waals surface area contributed by atoms with Gasteiger partial charge in [-0.1, -0.05) is 29.8 Å². The van der Waals surface area contributed by atoms with Crippen LogP contribution in [0.2, 0.25) is 5.02 Å². The number of benzene rings is 1. The maximum Gasteiger partial charge on any atom is 0.206 e. The SMILES string of the molecule is Cc1cc(C)c2c(n1)CC(c1ccccc1Cl)CC2=NNC(=N)N.Cl. The molecule has 25 heavy (non-hydrogen) atoms. The minimum absolute atomic E-state index is 0. The second-order valence-corrected chi connectivity index (χ2v) is 6.52. The Kier molecular flexibility index (Phi) is 6.03. The molecular formula is C18H21Cl2N5. The van der Waals surface area contributed by atoms with E-state index in [0.717, 1.165) is 51.7 Å². The van der Waals surface area contributed by atoms with E-state index in [0.29, 0.717) is 0 Å². The Morgan fingerprint density at radius 1 is 1.32 bits per heavy atom. The number of hydrazone groups is 1. The van der Waals surface area contributed by atoms with Crippen LogP contribution in [0.5, 0.6) is 0 Å². The van der Waals surface area contributed by atoms with Gasteiger partial charge in [-0.15, -0.1) is 12.4 Å². The maximum atomic E-state index is 7.36. The molecule has 1 atom stereocenters. The first-order valence-corrected chi connectivity index (χ1v) is 8.22. The smallest absolute Gasteiger partial charge is 0.206 e. The van der Waals surface area contributed by atoms with Crippen LogP contribution in [-0.4, -0.2) is 16.7 Å². The highest BCUT2D eigenvalue weighted by Gasteiger charge is 2.28. The molecule has 5 nitrogen and oxygen atoms in total. The molecule has 0 fully saturated rings. The molecule has 7 heteroatoms. The Hall–Kier alpha value is -2.11. The first-order valence-electron chi connectivity index (χ1n) is 7.84. The van der Waals surface area contributed by atoms with E-state index in [1.54, 1.807) is 0 Å². The molecule has 2 aromatic rings. The van der Waals surface area contributed by atoms with Gasteiger partial charge in [0, 0.05) is 16.3 Å². The van der Waals surface area contributed by atoms with E-state index >= 15 is 0 Å². The van der Waals surface area contributed by atoms with Crippen molar-refractivity contribution in [2.75, 3.05) is 0 Å². The lowest BCUT2D eigenvalue weighted by Gasteiger charge is -2.27. The highest BCUT2D eigenvalue weighted by molar-refractivity contribution is 6.31. The Labute approximate surface area is 158 Å². The molecule has 0 saturated carbocycles. The van der Waals surface area contributed by atoms with Gasteiger partial charge >= 0.3 is 0 Å². The van der Waals surface area contributed by atoms with Gasteiger partial charge in [-0.05, 0) is 55.9 Å². The molecule has 3 rings (SSSR count). The fraction of sp³-hybridized carbons (Fsp3) is 0.278. The molecule has 4 N–H and O–H groups in total. The predicted octanol–water partition coefficient (Wildman–Crippen LogP) is 3.69. The number of fused-ring (bicyclic) bond motifs is 1. The van der Waals surface area contributed by atoms with Crippen LogP contribution in [0.1, 0.15) is 40.4 Å². The molecule has 0 amide bonds. The summed E-state index contributed by atoms with van der Waals surface area (Å²) in [5, 5.41) is 12.5. The summed E-state index contributed by atoms with van der Waals surface area (Å²) in [6.07, 6.45) is 1.54. The number of rotatable bonds is 2. The fourth-order valence-corrected chi connectivity index (χ4v) is 3.64. The van der Waals surface area contributed by atoms with Gasteiger partial charge in [0.05, 0.1) is 11.4 Å². The molecule has 1 aromatic heterocycles. The molecule has 0 radical (unpaired) electrons. The lowest BCUT2D eigenvalue weighted by atomic mass is 9.80. The highest BCUT2D eigenvalue weighted by Crippen LogP contribution is 2.36. The summed E-state index contributed by atoms with van der Waals surface area (Å²) in [6.45, 7) is 4.06. The van der Waals surface area contributed by atoms with Crippen molar-refractivity contribution in [1.82, 2.24) is 10.4 Å². The zero-order chi connectivity index (χ0) is 17.3. The fourth-order valence-electron chi connectivity index (χ4n) is 3.35. The number of aromatic nitrogens is 1. The number of nitrogens with zero attached hydrogens (tertiary/aromatic N) is 2. The van der Waals surface area contributed by atoms with Crippen LogP contribution in [0, 0.1) is 19.3 Å². The van der Waals surface area contributed by atoms with Gasteiger partial charge in [-0.2, -0.15) is 5.10 Å². The molecule has 1 aromatic carbocycles. The number of hydrogen-bond acceptors (Lipinski definition) is 3. The van der Waals surface area contributed by atoms with Crippen LogP contribution in [0.25, 0.3) is 0 Å². The zero-order valence-corrected chi connectivity index (χ0v) is 15.7. The number of hydrogen-bond donors (Lipinski definition) is 3. The monoisotopic (exact) mass is 377 g/mol. The van der Waals surface area contributed by atoms with E-state index in [-0.39, 0.29) is 24.3 Å². The summed E-state index contributed by atoms with van der Waals surface area (Å²) < 4.78 is 0. The van der Waals surface area contributed by atoms with Gasteiger partial charge in [0.2, 0.25) is 5.96 Å². The lowest BCUT2D eigenvalue weighted by Crippen LogP contribution is -2.30. The van der Waals surface area contributed by atoms with E-state index < -0.39 is 0 Å². The summed E-state index contributed by atoms with van der Waals surface area (Å²) in [6, 6.07) is 9.94. The molecule has 1 unspecified atom stereocenters. The molecule has 1 heterocycles. The van der Waals surface area contributed by atoms with Crippen LogP contribution in [0.4, 0.5) is 0 Å². The summed E-state index contributed by atoms with van der Waals surface area (Å²) in [5.74, 6) is 0.0223. The van der Waals surface area contributed by atoms with Crippen LogP contribution in [0.3, 0.4) is 0 Å². The van der Waals surface area contributed by atoms with Gasteiger partial charge in [0.1, 0.15) is 0 Å². The Morgan fingerprint density at radius 2 is 2.04 bits per heavy atom. The summed E-state index contributed by atoms with van der Waals surface area (Å²) in [7, 11) is 0. The second-order valence-electron chi connectivity index (χ2n) is 6.11. The van der Waals surface area contributed by atoms with Crippen LogP contribution < -0.4 is 11.2 Å². The van der Waals surface area contributed by atoms with Gasteiger partial charge < -0.3 is 5.73 Å². The van der Waals surface area contributed by atoms with Crippen LogP contribution in [-0.2, 0) is 6.42 Å². The van der Waals surface area contributed by atoms with Gasteiger partial charge in [0.25, 0.3) is 0 Å². The van der Waals surface area contributed by atoms with Gasteiger partial charge in [-0.25, -0.2) is 5.43 Å². The molecule has 1 aliphatic rings. The first-order chi connectivity index (χ1) is 11.5. The van der Waals surface area contributed by atoms with E-state index in [4.69, 9.17) is 27.7 Å². The third-order valence-electron chi connectivity index (χ3n) is 4.24. The van der Waals surface area contributed by atoms with E-state index in [2.05, 4.69) is 29.6 Å². The molecular weight excluding hydrogens is 357 g/mol. The summed E-state index contributed by atoms with van der Waals surface area (Å²) in [5.41, 5.74) is 14.1. The molecule has 1 aliphatic carbocycles. The van der Waals surface area contributed by atoms with Crippen molar-refractivity contribution in [2.45, 2.75) is 32.6 Å². The standard InChI is InChI=1S/C18H20ClN5.ClH/c1-10-7-11(2)22-15-8-12(13-5-3-4-6-14(13)19)9-16(17(10)15)23-24-18(20)21;/h3-7,12H,8-9H2,1-2H3,(H4,20,21,24);1H. The quantitative estimate of drug-likeness (QED) is 0.423. The minimum atomic E-state index is -0.179. The maximum absolute atomic E-state index is 7.36. The molecule has 0 aliphatic heterocycles. The van der Waals surface area contributed by atoms with Crippen LogP contribution in [0.15, 0.2) is 35.4 Å². The Morgan fingerprint density at radius 3 is 2.72 bits per heavy atom. The van der Waals surface area contributed by atoms with E-state index in [1.165, 1.54) is 0 Å². The third-order valence-corrected chi connectivity index (χ3v) is 4.59. The predicted molar refractivity (Wildman–Crippen MR) is 105 cm³/mol. The van der Waals surface area contributed by atoms with Crippen molar-refractivity contribution in [3.05, 3.63) is 63.4 Å². The Bertz CT molecular complexity index is 832. The Balaban J connectivity index is 0.00000225. The number of nitrogens with one attached hydrogen (secondary N) is 2. The number of pyridine rings is 1. The highest BCUT2D eigenvalue weighted by atomic mass is 35.5. The third kappa shape index (κ3) is 4.11. The topological polar surface area (TPSA) is 87.2 Å². The van der Waals surface area contributed by atoms with Crippen molar-refractivity contribution < 1.29 is 0 Å². The lowest BCUT2D eigenvalue weighted by molar-refractivity contribution is 0.673. The summed E-state index contributed by atoms with van der Waals surface area (Å²) >= 11 is 6.39. The molecule has 132 valence electrons. The molecule has 0 bridgehead atoms. The number of halogens is 2. The first kappa shape index (κ1) is 19.2. The number of aryl methyl sites for hydroxylation is 2. The van der Waals surface area contributed by atoms with Crippen molar-refractivity contribution in [3.63, 3.8) is 0 Å². The molecule has 0 spiro atoms. The largest absolute Gasteiger partial charge is 0.369 e. The second kappa shape index (κ2) is 7.85. The van der Waals surface area contributed by atoms with Crippen LogP contribution >= 0.6 is 24.0 Å². The average Bonchev–Trinajstić information content (AvgIpc) is 2.52.